The molecule has 0 aromatic rings. The molecule has 0 rings (SSSR count). The van der Waals surface area contributed by atoms with E-state index < -0.39 is 0 Å². The molecule has 0 heterocycles. The van der Waals surface area contributed by atoms with Crippen molar-refractivity contribution in [2.45, 2.75) is 99.0 Å². The molecule has 0 amide bonds. The van der Waals surface area contributed by atoms with Crippen LogP contribution in [0, 0.1) is 23.7 Å². The highest BCUT2D eigenvalue weighted by Crippen LogP contribution is 2.34. The largest absolute Gasteiger partial charge is 0.325 e. The molecule has 0 saturated carbocycles. The lowest BCUT2D eigenvalue weighted by Gasteiger charge is -2.39. The van der Waals surface area contributed by atoms with Crippen molar-refractivity contribution < 1.29 is 0 Å². The second kappa shape index (κ2) is 9.82. The zero-order valence-corrected chi connectivity index (χ0v) is 15.3. The van der Waals surface area contributed by atoms with Gasteiger partial charge in [0, 0.05) is 5.54 Å². The van der Waals surface area contributed by atoms with Crippen LogP contribution in [0.5, 0.6) is 0 Å². The van der Waals surface area contributed by atoms with Crippen molar-refractivity contribution in [1.29, 1.82) is 0 Å². The number of hydrogen-bond donors (Lipinski definition) is 1. The predicted octanol–water partition coefficient (Wildman–Crippen LogP) is 6.02. The third kappa shape index (κ3) is 8.29. The minimum absolute atomic E-state index is 0.0676. The first kappa shape index (κ1) is 20.0. The van der Waals surface area contributed by atoms with E-state index in [1.807, 2.05) is 0 Å². The van der Waals surface area contributed by atoms with Gasteiger partial charge in [-0.1, -0.05) is 61.3 Å². The fourth-order valence-corrected chi connectivity index (χ4v) is 3.08. The summed E-state index contributed by atoms with van der Waals surface area (Å²) in [5.41, 5.74) is 7.00. The van der Waals surface area contributed by atoms with E-state index in [0.717, 1.165) is 17.8 Å². The quantitative estimate of drug-likeness (QED) is 0.493. The summed E-state index contributed by atoms with van der Waals surface area (Å²) >= 11 is 0. The standard InChI is InChI=1S/C19H41N/c1-8-18(10-9-15(2)3)19(20,13-11-16(4)5)14-12-17(6)7/h15-18H,8-14,20H2,1-7H3. The molecule has 0 aromatic carbocycles. The van der Waals surface area contributed by atoms with Gasteiger partial charge in [0.25, 0.3) is 0 Å². The van der Waals surface area contributed by atoms with Crippen LogP contribution in [0.4, 0.5) is 0 Å². The van der Waals surface area contributed by atoms with Crippen molar-refractivity contribution in [2.24, 2.45) is 29.4 Å². The molecule has 0 aliphatic carbocycles. The van der Waals surface area contributed by atoms with Crippen molar-refractivity contribution in [1.82, 2.24) is 0 Å². The molecule has 0 fully saturated rings. The number of rotatable bonds is 11. The van der Waals surface area contributed by atoms with Crippen molar-refractivity contribution in [2.75, 3.05) is 0 Å². The van der Waals surface area contributed by atoms with E-state index >= 15 is 0 Å². The van der Waals surface area contributed by atoms with Gasteiger partial charge in [0.05, 0.1) is 0 Å². The molecule has 0 aromatic heterocycles. The van der Waals surface area contributed by atoms with Crippen LogP contribution in [0.3, 0.4) is 0 Å². The Morgan fingerprint density at radius 1 is 0.700 bits per heavy atom. The van der Waals surface area contributed by atoms with Crippen molar-refractivity contribution in [3.8, 4) is 0 Å². The van der Waals surface area contributed by atoms with Gasteiger partial charge in [-0.3, -0.25) is 0 Å². The molecular weight excluding hydrogens is 242 g/mol. The molecule has 1 heteroatoms. The summed E-state index contributed by atoms with van der Waals surface area (Å²) in [7, 11) is 0. The van der Waals surface area contributed by atoms with Gasteiger partial charge < -0.3 is 5.73 Å². The van der Waals surface area contributed by atoms with Gasteiger partial charge in [-0.15, -0.1) is 0 Å². The van der Waals surface area contributed by atoms with Gasteiger partial charge in [-0.25, -0.2) is 0 Å². The van der Waals surface area contributed by atoms with Crippen LogP contribution < -0.4 is 5.73 Å². The van der Waals surface area contributed by atoms with Gasteiger partial charge >= 0.3 is 0 Å². The first-order chi connectivity index (χ1) is 9.21. The van der Waals surface area contributed by atoms with Gasteiger partial charge in [0.2, 0.25) is 0 Å². The first-order valence-corrected chi connectivity index (χ1v) is 9.00. The smallest absolute Gasteiger partial charge is 0.0182 e. The molecule has 20 heavy (non-hydrogen) atoms. The van der Waals surface area contributed by atoms with Gasteiger partial charge in [-0.05, 0) is 55.8 Å². The molecule has 122 valence electrons. The zero-order valence-electron chi connectivity index (χ0n) is 15.3. The highest BCUT2D eigenvalue weighted by Gasteiger charge is 2.33. The Kier molecular flexibility index (Phi) is 9.80. The first-order valence-electron chi connectivity index (χ1n) is 9.00. The summed E-state index contributed by atoms with van der Waals surface area (Å²) in [6.45, 7) is 16.3. The van der Waals surface area contributed by atoms with Crippen LogP contribution in [0.25, 0.3) is 0 Å². The summed E-state index contributed by atoms with van der Waals surface area (Å²) in [4.78, 5) is 0. The van der Waals surface area contributed by atoms with Crippen molar-refractivity contribution in [3.05, 3.63) is 0 Å². The lowest BCUT2D eigenvalue weighted by molar-refractivity contribution is 0.185. The van der Waals surface area contributed by atoms with Crippen LogP contribution in [0.1, 0.15) is 93.4 Å². The highest BCUT2D eigenvalue weighted by atomic mass is 14.8. The molecular formula is C19H41N. The van der Waals surface area contributed by atoms with E-state index in [2.05, 4.69) is 48.5 Å². The Balaban J connectivity index is 4.74. The van der Waals surface area contributed by atoms with Gasteiger partial charge in [0.15, 0.2) is 0 Å². The third-order valence-corrected chi connectivity index (χ3v) is 4.77. The lowest BCUT2D eigenvalue weighted by Crippen LogP contribution is -2.47. The van der Waals surface area contributed by atoms with Crippen LogP contribution in [0.15, 0.2) is 0 Å². The summed E-state index contributed by atoms with van der Waals surface area (Å²) in [6, 6.07) is 0. The van der Waals surface area contributed by atoms with Gasteiger partial charge in [-0.2, -0.15) is 0 Å². The van der Waals surface area contributed by atoms with Crippen LogP contribution in [-0.4, -0.2) is 5.54 Å². The molecule has 0 bridgehead atoms. The Morgan fingerprint density at radius 3 is 1.40 bits per heavy atom. The topological polar surface area (TPSA) is 26.0 Å². The van der Waals surface area contributed by atoms with E-state index in [-0.39, 0.29) is 5.54 Å². The van der Waals surface area contributed by atoms with E-state index in [9.17, 15) is 0 Å². The summed E-state index contributed by atoms with van der Waals surface area (Å²) in [5, 5.41) is 0. The zero-order chi connectivity index (χ0) is 15.8. The van der Waals surface area contributed by atoms with Crippen molar-refractivity contribution >= 4 is 0 Å². The Bertz CT molecular complexity index is 218. The molecule has 0 saturated heterocycles. The van der Waals surface area contributed by atoms with E-state index in [1.54, 1.807) is 0 Å². The summed E-state index contributed by atoms with van der Waals surface area (Å²) in [5.74, 6) is 3.02. The Morgan fingerprint density at radius 2 is 1.10 bits per heavy atom. The molecule has 1 atom stereocenters. The second-order valence-electron chi connectivity index (χ2n) is 8.17. The number of hydrogen-bond acceptors (Lipinski definition) is 1. The number of nitrogens with two attached hydrogens (primary N) is 1. The normalized spacial score (nSPS) is 14.6. The molecule has 1 unspecified atom stereocenters. The summed E-state index contributed by atoms with van der Waals surface area (Å²) < 4.78 is 0. The molecule has 0 aliphatic heterocycles. The average molecular weight is 284 g/mol. The SMILES string of the molecule is CCC(CCC(C)C)C(N)(CCC(C)C)CCC(C)C. The fraction of sp³-hybridized carbons (Fsp3) is 1.00. The van der Waals surface area contributed by atoms with Gasteiger partial charge in [0.1, 0.15) is 0 Å². The molecule has 0 radical (unpaired) electrons. The fourth-order valence-electron chi connectivity index (χ4n) is 3.08. The highest BCUT2D eigenvalue weighted by molar-refractivity contribution is 4.91. The second-order valence-corrected chi connectivity index (χ2v) is 8.17. The molecule has 0 spiro atoms. The Hall–Kier alpha value is -0.0400. The molecule has 1 nitrogen and oxygen atoms in total. The van der Waals surface area contributed by atoms with Crippen molar-refractivity contribution in [3.63, 3.8) is 0 Å². The van der Waals surface area contributed by atoms with E-state index in [1.165, 1.54) is 44.9 Å². The maximum Gasteiger partial charge on any atom is 0.0182 e. The molecule has 0 aliphatic rings. The molecule has 2 N–H and O–H groups in total. The van der Waals surface area contributed by atoms with Crippen LogP contribution in [-0.2, 0) is 0 Å². The maximum atomic E-state index is 6.94. The Labute approximate surface area is 129 Å². The maximum absolute atomic E-state index is 6.94. The predicted molar refractivity (Wildman–Crippen MR) is 92.9 cm³/mol. The third-order valence-electron chi connectivity index (χ3n) is 4.77. The minimum Gasteiger partial charge on any atom is -0.325 e. The van der Waals surface area contributed by atoms with E-state index in [4.69, 9.17) is 5.73 Å². The average Bonchev–Trinajstić information content (AvgIpc) is 2.34. The summed E-state index contributed by atoms with van der Waals surface area (Å²) in [6.07, 6.45) is 8.81. The van der Waals surface area contributed by atoms with E-state index in [0.29, 0.717) is 5.92 Å². The minimum atomic E-state index is 0.0676. The van der Waals surface area contributed by atoms with Crippen LogP contribution >= 0.6 is 0 Å². The monoisotopic (exact) mass is 283 g/mol. The lowest BCUT2D eigenvalue weighted by atomic mass is 9.72. The van der Waals surface area contributed by atoms with Crippen LogP contribution in [0.2, 0.25) is 0 Å².